The first kappa shape index (κ1) is 18.7. The van der Waals surface area contributed by atoms with Gasteiger partial charge in [-0.2, -0.15) is 0 Å². The van der Waals surface area contributed by atoms with Crippen LogP contribution in [0.25, 0.3) is 0 Å². The molecule has 24 heavy (non-hydrogen) atoms. The van der Waals surface area contributed by atoms with Crippen LogP contribution >= 0.6 is 0 Å². The van der Waals surface area contributed by atoms with Gasteiger partial charge in [0.1, 0.15) is 5.60 Å². The fourth-order valence-electron chi connectivity index (χ4n) is 2.05. The number of hydrogen-bond donors (Lipinski definition) is 1. The van der Waals surface area contributed by atoms with Crippen molar-refractivity contribution in [3.63, 3.8) is 0 Å². The first-order valence-electron chi connectivity index (χ1n) is 7.82. The Balaban J connectivity index is 2.12. The van der Waals surface area contributed by atoms with Gasteiger partial charge in [0.2, 0.25) is 0 Å². The maximum absolute atomic E-state index is 14.2. The van der Waals surface area contributed by atoms with E-state index in [0.29, 0.717) is 5.46 Å². The van der Waals surface area contributed by atoms with Gasteiger partial charge in [0.25, 0.3) is 0 Å². The molecule has 0 aliphatic carbocycles. The third-order valence-corrected chi connectivity index (χ3v) is 4.01. The molecule has 1 aromatic heterocycles. The SMILES string of the molecule is CC(C)(C)OC(=O)Nc1ncc(B2OC(C)(C)C(C)(C)O2)cc1F. The van der Waals surface area contributed by atoms with Crippen molar-refractivity contribution in [1.82, 2.24) is 4.98 Å². The van der Waals surface area contributed by atoms with Crippen molar-refractivity contribution in [3.05, 3.63) is 18.1 Å². The Hall–Kier alpha value is -1.67. The zero-order chi connectivity index (χ0) is 18.3. The van der Waals surface area contributed by atoms with Gasteiger partial charge in [-0.3, -0.25) is 5.32 Å². The van der Waals surface area contributed by atoms with Gasteiger partial charge in [0.15, 0.2) is 11.6 Å². The van der Waals surface area contributed by atoms with E-state index < -0.39 is 35.8 Å². The summed E-state index contributed by atoms with van der Waals surface area (Å²) in [6.07, 6.45) is 0.648. The quantitative estimate of drug-likeness (QED) is 0.840. The molecule has 1 aromatic rings. The number of aromatic nitrogens is 1. The van der Waals surface area contributed by atoms with Crippen LogP contribution in [-0.4, -0.2) is 35.0 Å². The fourth-order valence-corrected chi connectivity index (χ4v) is 2.05. The lowest BCUT2D eigenvalue weighted by Gasteiger charge is -2.32. The Morgan fingerprint density at radius 3 is 2.25 bits per heavy atom. The number of nitrogens with one attached hydrogen (secondary N) is 1. The molecule has 0 saturated carbocycles. The topological polar surface area (TPSA) is 69.7 Å². The molecule has 1 amide bonds. The van der Waals surface area contributed by atoms with Crippen LogP contribution in [0.2, 0.25) is 0 Å². The lowest BCUT2D eigenvalue weighted by atomic mass is 9.80. The molecule has 1 aliphatic heterocycles. The molecule has 1 aliphatic rings. The van der Waals surface area contributed by atoms with Gasteiger partial charge in [-0.1, -0.05) is 0 Å². The van der Waals surface area contributed by atoms with E-state index in [9.17, 15) is 9.18 Å². The number of rotatable bonds is 2. The molecule has 0 radical (unpaired) electrons. The molecule has 8 heteroatoms. The van der Waals surface area contributed by atoms with E-state index >= 15 is 0 Å². The molecular weight excluding hydrogens is 314 g/mol. The van der Waals surface area contributed by atoms with Crippen LogP contribution in [0.5, 0.6) is 0 Å². The predicted molar refractivity (Wildman–Crippen MR) is 89.8 cm³/mol. The average molecular weight is 338 g/mol. The lowest BCUT2D eigenvalue weighted by molar-refractivity contribution is 0.00578. The Bertz CT molecular complexity index is 627. The summed E-state index contributed by atoms with van der Waals surface area (Å²) in [5.74, 6) is -0.891. The Kier molecular flexibility index (Phi) is 4.67. The molecule has 0 aromatic carbocycles. The third-order valence-electron chi connectivity index (χ3n) is 4.01. The summed E-state index contributed by atoms with van der Waals surface area (Å²) in [7, 11) is -0.715. The zero-order valence-corrected chi connectivity index (χ0v) is 15.2. The second-order valence-corrected chi connectivity index (χ2v) is 7.81. The van der Waals surface area contributed by atoms with Crippen molar-refractivity contribution in [3.8, 4) is 0 Å². The number of ether oxygens (including phenoxy) is 1. The zero-order valence-electron chi connectivity index (χ0n) is 15.2. The number of carbonyl (C=O) groups is 1. The largest absolute Gasteiger partial charge is 0.496 e. The molecule has 132 valence electrons. The Morgan fingerprint density at radius 2 is 1.79 bits per heavy atom. The lowest BCUT2D eigenvalue weighted by Crippen LogP contribution is -2.41. The molecule has 1 fully saturated rings. The number of carbonyl (C=O) groups excluding carboxylic acids is 1. The number of anilines is 1. The first-order valence-corrected chi connectivity index (χ1v) is 7.82. The van der Waals surface area contributed by atoms with Gasteiger partial charge in [-0.05, 0) is 54.5 Å². The van der Waals surface area contributed by atoms with Gasteiger partial charge >= 0.3 is 13.2 Å². The van der Waals surface area contributed by atoms with Crippen molar-refractivity contribution >= 4 is 24.5 Å². The highest BCUT2D eigenvalue weighted by Gasteiger charge is 2.51. The summed E-state index contributed by atoms with van der Waals surface area (Å²) in [5.41, 5.74) is -1.28. The van der Waals surface area contributed by atoms with E-state index in [1.54, 1.807) is 20.8 Å². The summed E-state index contributed by atoms with van der Waals surface area (Å²) < 4.78 is 31.0. The highest BCUT2D eigenvalue weighted by Crippen LogP contribution is 2.36. The summed E-state index contributed by atoms with van der Waals surface area (Å²) >= 11 is 0. The summed E-state index contributed by atoms with van der Waals surface area (Å²) in [5, 5.41) is 2.29. The van der Waals surface area contributed by atoms with E-state index in [-0.39, 0.29) is 5.82 Å². The van der Waals surface area contributed by atoms with E-state index in [1.807, 2.05) is 27.7 Å². The van der Waals surface area contributed by atoms with Crippen LogP contribution in [0.3, 0.4) is 0 Å². The van der Waals surface area contributed by atoms with Crippen LogP contribution in [0, 0.1) is 5.82 Å². The van der Waals surface area contributed by atoms with E-state index in [0.717, 1.165) is 0 Å². The number of pyridine rings is 1. The summed E-state index contributed by atoms with van der Waals surface area (Å²) in [4.78, 5) is 15.6. The fraction of sp³-hybridized carbons (Fsp3) is 0.625. The Labute approximate surface area is 142 Å². The maximum atomic E-state index is 14.2. The molecule has 1 N–H and O–H groups in total. The number of nitrogens with zero attached hydrogens (tertiary/aromatic N) is 1. The van der Waals surface area contributed by atoms with Gasteiger partial charge in [0, 0.05) is 11.7 Å². The van der Waals surface area contributed by atoms with Crippen molar-refractivity contribution in [2.45, 2.75) is 65.3 Å². The highest BCUT2D eigenvalue weighted by molar-refractivity contribution is 6.62. The molecule has 6 nitrogen and oxygen atoms in total. The van der Waals surface area contributed by atoms with Crippen LogP contribution in [0.4, 0.5) is 15.0 Å². The maximum Gasteiger partial charge on any atom is 0.496 e. The van der Waals surface area contributed by atoms with Crippen molar-refractivity contribution < 1.29 is 23.2 Å². The van der Waals surface area contributed by atoms with Gasteiger partial charge < -0.3 is 14.0 Å². The van der Waals surface area contributed by atoms with E-state index in [1.165, 1.54) is 12.3 Å². The monoisotopic (exact) mass is 338 g/mol. The molecule has 0 bridgehead atoms. The van der Waals surface area contributed by atoms with Crippen LogP contribution < -0.4 is 10.8 Å². The second-order valence-electron chi connectivity index (χ2n) is 7.81. The van der Waals surface area contributed by atoms with Crippen molar-refractivity contribution in [1.29, 1.82) is 0 Å². The van der Waals surface area contributed by atoms with Crippen molar-refractivity contribution in [2.24, 2.45) is 0 Å². The molecule has 0 spiro atoms. The predicted octanol–water partition coefficient (Wildman–Crippen LogP) is 2.87. The average Bonchev–Trinajstić information content (AvgIpc) is 2.58. The molecule has 2 heterocycles. The minimum atomic E-state index is -0.766. The standard InChI is InChI=1S/C16H24BFN2O4/c1-14(2,3)22-13(21)20-12-11(18)8-10(9-19-12)17-23-15(4,5)16(6,7)24-17/h8-9H,1-7H3,(H,19,20,21). The summed E-state index contributed by atoms with van der Waals surface area (Å²) in [6, 6.07) is 1.24. The molecular formula is C16H24BFN2O4. The normalized spacial score (nSPS) is 19.2. The van der Waals surface area contributed by atoms with Crippen molar-refractivity contribution in [2.75, 3.05) is 5.32 Å². The van der Waals surface area contributed by atoms with Gasteiger partial charge in [-0.25, -0.2) is 14.2 Å². The molecule has 0 unspecified atom stereocenters. The second kappa shape index (κ2) is 6.00. The van der Waals surface area contributed by atoms with Crippen LogP contribution in [-0.2, 0) is 14.0 Å². The Morgan fingerprint density at radius 1 is 1.25 bits per heavy atom. The molecule has 1 saturated heterocycles. The minimum Gasteiger partial charge on any atom is -0.444 e. The van der Waals surface area contributed by atoms with Crippen LogP contribution in [0.15, 0.2) is 12.3 Å². The van der Waals surface area contributed by atoms with Gasteiger partial charge in [0.05, 0.1) is 11.2 Å². The molecule has 0 atom stereocenters. The number of halogens is 1. The first-order chi connectivity index (χ1) is 10.8. The minimum absolute atomic E-state index is 0.204. The van der Waals surface area contributed by atoms with Gasteiger partial charge in [-0.15, -0.1) is 0 Å². The van der Waals surface area contributed by atoms with E-state index in [2.05, 4.69) is 10.3 Å². The molecule has 2 rings (SSSR count). The highest BCUT2D eigenvalue weighted by atomic mass is 19.1. The number of hydrogen-bond acceptors (Lipinski definition) is 5. The smallest absolute Gasteiger partial charge is 0.444 e. The third kappa shape index (κ3) is 4.05. The van der Waals surface area contributed by atoms with E-state index in [4.69, 9.17) is 14.0 Å². The summed E-state index contributed by atoms with van der Waals surface area (Å²) in [6.45, 7) is 12.8. The number of amides is 1. The van der Waals surface area contributed by atoms with Crippen LogP contribution in [0.1, 0.15) is 48.5 Å².